The summed E-state index contributed by atoms with van der Waals surface area (Å²) in [5.74, 6) is 1.53. The van der Waals surface area contributed by atoms with Crippen molar-refractivity contribution in [3.05, 3.63) is 58.8 Å². The Labute approximate surface area is 166 Å². The van der Waals surface area contributed by atoms with Crippen LogP contribution in [0.5, 0.6) is 11.5 Å². The molecule has 3 rings (SSSR count). The minimum absolute atomic E-state index is 0.111. The van der Waals surface area contributed by atoms with Gasteiger partial charge in [0.2, 0.25) is 0 Å². The van der Waals surface area contributed by atoms with Crippen molar-refractivity contribution in [1.82, 2.24) is 9.88 Å². The van der Waals surface area contributed by atoms with Crippen LogP contribution in [0.1, 0.15) is 34.0 Å². The van der Waals surface area contributed by atoms with Gasteiger partial charge in [0, 0.05) is 29.2 Å². The first-order chi connectivity index (χ1) is 13.5. The number of nitrogens with one attached hydrogen (secondary N) is 1. The van der Waals surface area contributed by atoms with Gasteiger partial charge in [-0.15, -0.1) is 0 Å². The van der Waals surface area contributed by atoms with Crippen LogP contribution < -0.4 is 9.47 Å². The van der Waals surface area contributed by atoms with Crippen molar-refractivity contribution in [2.24, 2.45) is 0 Å². The van der Waals surface area contributed by atoms with Gasteiger partial charge in [-0.2, -0.15) is 0 Å². The number of Topliss-reactive ketones (excluding diaryl/α,β-unsaturated/α-hetero) is 1. The zero-order valence-electron chi connectivity index (χ0n) is 17.3. The predicted molar refractivity (Wildman–Crippen MR) is 113 cm³/mol. The third-order valence-electron chi connectivity index (χ3n) is 5.18. The molecule has 0 aliphatic carbocycles. The number of para-hydroxylation sites is 1. The van der Waals surface area contributed by atoms with Gasteiger partial charge >= 0.3 is 0 Å². The van der Waals surface area contributed by atoms with Crippen molar-refractivity contribution in [1.29, 1.82) is 0 Å². The Morgan fingerprint density at radius 2 is 1.82 bits per heavy atom. The first-order valence-corrected chi connectivity index (χ1v) is 9.50. The average molecular weight is 380 g/mol. The first kappa shape index (κ1) is 20.0. The van der Waals surface area contributed by atoms with E-state index in [4.69, 9.17) is 9.47 Å². The van der Waals surface area contributed by atoms with E-state index in [1.54, 1.807) is 14.2 Å². The second-order valence-corrected chi connectivity index (χ2v) is 7.12. The molecule has 1 heterocycles. The maximum Gasteiger partial charge on any atom is 0.178 e. The van der Waals surface area contributed by atoms with E-state index in [9.17, 15) is 4.79 Å². The number of benzene rings is 2. The second kappa shape index (κ2) is 8.48. The van der Waals surface area contributed by atoms with E-state index in [2.05, 4.69) is 18.0 Å². The molecule has 0 atom stereocenters. The van der Waals surface area contributed by atoms with E-state index in [0.29, 0.717) is 24.6 Å². The number of methoxy groups -OCH3 is 2. The molecule has 148 valence electrons. The number of H-pyrrole nitrogens is 1. The molecule has 0 spiro atoms. The smallest absolute Gasteiger partial charge is 0.178 e. The van der Waals surface area contributed by atoms with Gasteiger partial charge in [0.25, 0.3) is 0 Å². The SMILES string of the molecule is CCc1cccc2c(C(=O)CN(C)Cc3cc(OC)c(OC)cc3C)c[nH]c12. The maximum atomic E-state index is 12.9. The largest absolute Gasteiger partial charge is 0.493 e. The van der Waals surface area contributed by atoms with Crippen LogP contribution in [0.25, 0.3) is 10.9 Å². The molecule has 5 nitrogen and oxygen atoms in total. The number of aromatic amines is 1. The molecule has 5 heteroatoms. The van der Waals surface area contributed by atoms with E-state index >= 15 is 0 Å². The lowest BCUT2D eigenvalue weighted by Crippen LogP contribution is -2.26. The highest BCUT2D eigenvalue weighted by Gasteiger charge is 2.17. The highest BCUT2D eigenvalue weighted by molar-refractivity contribution is 6.09. The summed E-state index contributed by atoms with van der Waals surface area (Å²) in [6.07, 6.45) is 2.77. The van der Waals surface area contributed by atoms with Gasteiger partial charge in [0.05, 0.1) is 20.8 Å². The number of fused-ring (bicyclic) bond motifs is 1. The number of ketones is 1. The molecule has 0 radical (unpaired) electrons. The summed E-state index contributed by atoms with van der Waals surface area (Å²) in [7, 11) is 5.22. The Morgan fingerprint density at radius 3 is 2.50 bits per heavy atom. The van der Waals surface area contributed by atoms with Gasteiger partial charge in [-0.25, -0.2) is 0 Å². The number of ether oxygens (including phenoxy) is 2. The zero-order valence-corrected chi connectivity index (χ0v) is 17.3. The Kier molecular flexibility index (Phi) is 6.05. The van der Waals surface area contributed by atoms with Crippen LogP contribution in [-0.2, 0) is 13.0 Å². The molecule has 1 aromatic heterocycles. The predicted octanol–water partition coefficient (Wildman–Crippen LogP) is 4.37. The summed E-state index contributed by atoms with van der Waals surface area (Å²) in [5.41, 5.74) is 5.26. The van der Waals surface area contributed by atoms with Crippen molar-refractivity contribution >= 4 is 16.7 Å². The van der Waals surface area contributed by atoms with Crippen LogP contribution in [-0.4, -0.2) is 43.5 Å². The van der Waals surface area contributed by atoms with Crippen LogP contribution in [0, 0.1) is 6.92 Å². The standard InChI is InChI=1S/C23H28N2O3/c1-6-16-8-7-9-18-19(12-24-23(16)18)20(26)14-25(3)13-17-11-22(28-5)21(27-4)10-15(17)2/h7-12,24H,6,13-14H2,1-5H3. The van der Waals surface area contributed by atoms with Crippen LogP contribution in [0.4, 0.5) is 0 Å². The number of aromatic nitrogens is 1. The first-order valence-electron chi connectivity index (χ1n) is 9.50. The maximum absolute atomic E-state index is 12.9. The van der Waals surface area contributed by atoms with Gasteiger partial charge in [-0.05, 0) is 49.2 Å². The third kappa shape index (κ3) is 3.90. The van der Waals surface area contributed by atoms with E-state index in [1.807, 2.05) is 49.3 Å². The summed E-state index contributed by atoms with van der Waals surface area (Å²) >= 11 is 0. The van der Waals surface area contributed by atoms with Crippen molar-refractivity contribution in [3.8, 4) is 11.5 Å². The van der Waals surface area contributed by atoms with Gasteiger partial charge in [0.15, 0.2) is 17.3 Å². The molecule has 1 N–H and O–H groups in total. The van der Waals surface area contributed by atoms with Crippen LogP contribution >= 0.6 is 0 Å². The molecule has 28 heavy (non-hydrogen) atoms. The molecule has 2 aromatic carbocycles. The highest BCUT2D eigenvalue weighted by Crippen LogP contribution is 2.31. The fourth-order valence-corrected chi connectivity index (χ4v) is 3.61. The van der Waals surface area contributed by atoms with E-state index in [0.717, 1.165) is 34.0 Å². The number of aryl methyl sites for hydroxylation is 2. The van der Waals surface area contributed by atoms with Crippen molar-refractivity contribution in [3.63, 3.8) is 0 Å². The van der Waals surface area contributed by atoms with Gasteiger partial charge < -0.3 is 14.5 Å². The molecule has 3 aromatic rings. The number of likely N-dealkylation sites (N-methyl/N-ethyl adjacent to an activating group) is 1. The number of nitrogens with zero attached hydrogens (tertiary/aromatic N) is 1. The summed E-state index contributed by atoms with van der Waals surface area (Å²) in [4.78, 5) is 18.2. The van der Waals surface area contributed by atoms with Gasteiger partial charge in [0.1, 0.15) is 0 Å². The van der Waals surface area contributed by atoms with Crippen molar-refractivity contribution < 1.29 is 14.3 Å². The summed E-state index contributed by atoms with van der Waals surface area (Å²) in [5, 5.41) is 1.00. The fourth-order valence-electron chi connectivity index (χ4n) is 3.61. The molecular weight excluding hydrogens is 352 g/mol. The molecule has 0 fully saturated rings. The average Bonchev–Trinajstić information content (AvgIpc) is 3.13. The van der Waals surface area contributed by atoms with E-state index < -0.39 is 0 Å². The minimum Gasteiger partial charge on any atom is -0.493 e. The van der Waals surface area contributed by atoms with Gasteiger partial charge in [-0.3, -0.25) is 9.69 Å². The minimum atomic E-state index is 0.111. The zero-order chi connectivity index (χ0) is 20.3. The molecule has 0 bridgehead atoms. The molecule has 0 saturated carbocycles. The van der Waals surface area contributed by atoms with Crippen LogP contribution in [0.3, 0.4) is 0 Å². The Bertz CT molecular complexity index is 991. The monoisotopic (exact) mass is 380 g/mol. The number of hydrogen-bond donors (Lipinski definition) is 1. The molecule has 0 saturated heterocycles. The highest BCUT2D eigenvalue weighted by atomic mass is 16.5. The number of carbonyl (C=O) groups excluding carboxylic acids is 1. The lowest BCUT2D eigenvalue weighted by atomic mass is 10.0. The lowest BCUT2D eigenvalue weighted by Gasteiger charge is -2.19. The summed E-state index contributed by atoms with van der Waals surface area (Å²) in [6.45, 7) is 5.16. The van der Waals surface area contributed by atoms with Crippen LogP contribution in [0.2, 0.25) is 0 Å². The molecule has 0 aliphatic heterocycles. The van der Waals surface area contributed by atoms with Crippen LogP contribution in [0.15, 0.2) is 36.5 Å². The molecule has 0 unspecified atom stereocenters. The molecular formula is C23H28N2O3. The summed E-state index contributed by atoms with van der Waals surface area (Å²) < 4.78 is 10.8. The quantitative estimate of drug-likeness (QED) is 0.590. The molecule has 0 aliphatic rings. The number of hydrogen-bond acceptors (Lipinski definition) is 4. The molecule has 0 amide bonds. The topological polar surface area (TPSA) is 54.6 Å². The van der Waals surface area contributed by atoms with Crippen molar-refractivity contribution in [2.45, 2.75) is 26.8 Å². The Balaban J connectivity index is 1.77. The Hall–Kier alpha value is -2.79. The second-order valence-electron chi connectivity index (χ2n) is 7.12. The number of carbonyl (C=O) groups is 1. The van der Waals surface area contributed by atoms with E-state index in [-0.39, 0.29) is 5.78 Å². The number of rotatable bonds is 8. The summed E-state index contributed by atoms with van der Waals surface area (Å²) in [6, 6.07) is 10.1. The van der Waals surface area contributed by atoms with Gasteiger partial charge in [-0.1, -0.05) is 25.1 Å². The van der Waals surface area contributed by atoms with Crippen molar-refractivity contribution in [2.75, 3.05) is 27.8 Å². The van der Waals surface area contributed by atoms with E-state index in [1.165, 1.54) is 5.56 Å². The normalized spacial score (nSPS) is 11.2. The Morgan fingerprint density at radius 1 is 1.11 bits per heavy atom. The fraction of sp³-hybridized carbons (Fsp3) is 0.348. The third-order valence-corrected chi connectivity index (χ3v) is 5.18. The lowest BCUT2D eigenvalue weighted by molar-refractivity contribution is 0.0944.